The van der Waals surface area contributed by atoms with Crippen molar-refractivity contribution in [1.29, 1.82) is 0 Å². The fourth-order valence-electron chi connectivity index (χ4n) is 2.25. The second-order valence-corrected chi connectivity index (χ2v) is 6.62. The van der Waals surface area contributed by atoms with Gasteiger partial charge in [-0.25, -0.2) is 0 Å². The van der Waals surface area contributed by atoms with E-state index < -0.39 is 0 Å². The van der Waals surface area contributed by atoms with Gasteiger partial charge in [0.25, 0.3) is 0 Å². The van der Waals surface area contributed by atoms with Crippen LogP contribution >= 0.6 is 15.9 Å². The topological polar surface area (TPSA) is 28.4 Å². The van der Waals surface area contributed by atoms with Gasteiger partial charge in [0.05, 0.1) is 12.8 Å². The van der Waals surface area contributed by atoms with Crippen LogP contribution in [0.4, 0.5) is 0 Å². The zero-order chi connectivity index (χ0) is 15.2. The van der Waals surface area contributed by atoms with Crippen molar-refractivity contribution >= 4 is 15.9 Å². The molecule has 0 fully saturated rings. The highest BCUT2D eigenvalue weighted by molar-refractivity contribution is 9.10. The first-order valence-electron chi connectivity index (χ1n) is 7.26. The minimum atomic E-state index is 0.461. The fraction of sp³-hybridized carbons (Fsp3) is 0.412. The Morgan fingerprint density at radius 3 is 2.76 bits per heavy atom. The molecule has 1 aromatic heterocycles. The van der Waals surface area contributed by atoms with Crippen LogP contribution in [0.5, 0.6) is 0 Å². The van der Waals surface area contributed by atoms with Gasteiger partial charge in [0.15, 0.2) is 0 Å². The molecule has 2 aromatic rings. The number of rotatable bonds is 7. The molecule has 0 aliphatic rings. The molecule has 0 aliphatic heterocycles. The van der Waals surface area contributed by atoms with Crippen LogP contribution in [-0.2, 0) is 19.6 Å². The molecule has 1 aromatic carbocycles. The molecule has 0 atom stereocenters. The molecule has 1 N–H and O–H groups in total. The summed E-state index contributed by atoms with van der Waals surface area (Å²) in [6, 6.07) is 11.0. The van der Waals surface area contributed by atoms with E-state index in [2.05, 4.69) is 77.4 Å². The van der Waals surface area contributed by atoms with E-state index in [1.54, 1.807) is 6.26 Å². The maximum Gasteiger partial charge on any atom is 0.122 e. The van der Waals surface area contributed by atoms with E-state index in [1.807, 2.05) is 0 Å². The Morgan fingerprint density at radius 2 is 2.05 bits per heavy atom. The molecule has 3 nitrogen and oxygen atoms in total. The SMILES string of the molecule is CC(C)NCc1occc1CN(C)Cc1cccc(Br)c1. The zero-order valence-corrected chi connectivity index (χ0v) is 14.5. The Morgan fingerprint density at radius 1 is 1.24 bits per heavy atom. The lowest BCUT2D eigenvalue weighted by Crippen LogP contribution is -2.23. The average Bonchev–Trinajstić information content (AvgIpc) is 2.83. The third-order valence-corrected chi connectivity index (χ3v) is 3.78. The molecule has 0 amide bonds. The maximum atomic E-state index is 5.59. The van der Waals surface area contributed by atoms with Crippen molar-refractivity contribution in [3.8, 4) is 0 Å². The van der Waals surface area contributed by atoms with E-state index in [9.17, 15) is 0 Å². The maximum absolute atomic E-state index is 5.59. The van der Waals surface area contributed by atoms with Gasteiger partial charge >= 0.3 is 0 Å². The van der Waals surface area contributed by atoms with Gasteiger partial charge in [0, 0.05) is 29.2 Å². The second-order valence-electron chi connectivity index (χ2n) is 5.71. The van der Waals surface area contributed by atoms with Crippen molar-refractivity contribution in [2.45, 2.75) is 39.5 Å². The molecular formula is C17H23BrN2O. The van der Waals surface area contributed by atoms with Crippen molar-refractivity contribution in [2.24, 2.45) is 0 Å². The number of halogens is 1. The fourth-order valence-corrected chi connectivity index (χ4v) is 2.70. The van der Waals surface area contributed by atoms with E-state index in [0.717, 1.165) is 29.9 Å². The minimum absolute atomic E-state index is 0.461. The van der Waals surface area contributed by atoms with E-state index >= 15 is 0 Å². The van der Waals surface area contributed by atoms with Crippen LogP contribution in [0.25, 0.3) is 0 Å². The Bertz CT molecular complexity index is 565. The Kier molecular flexibility index (Phi) is 6.03. The van der Waals surface area contributed by atoms with Crippen LogP contribution in [0.3, 0.4) is 0 Å². The Balaban J connectivity index is 1.93. The first-order valence-corrected chi connectivity index (χ1v) is 8.05. The van der Waals surface area contributed by atoms with Gasteiger partial charge in [-0.1, -0.05) is 41.9 Å². The quantitative estimate of drug-likeness (QED) is 0.812. The highest BCUT2D eigenvalue weighted by atomic mass is 79.9. The smallest absolute Gasteiger partial charge is 0.122 e. The van der Waals surface area contributed by atoms with Gasteiger partial charge in [-0.3, -0.25) is 4.90 Å². The zero-order valence-electron chi connectivity index (χ0n) is 12.9. The summed E-state index contributed by atoms with van der Waals surface area (Å²) in [4.78, 5) is 2.30. The van der Waals surface area contributed by atoms with Gasteiger partial charge in [-0.2, -0.15) is 0 Å². The highest BCUT2D eigenvalue weighted by Crippen LogP contribution is 2.16. The largest absolute Gasteiger partial charge is 0.468 e. The third-order valence-electron chi connectivity index (χ3n) is 3.29. The number of benzene rings is 1. The van der Waals surface area contributed by atoms with Crippen molar-refractivity contribution in [2.75, 3.05) is 7.05 Å². The van der Waals surface area contributed by atoms with Crippen molar-refractivity contribution in [1.82, 2.24) is 10.2 Å². The summed E-state index contributed by atoms with van der Waals surface area (Å²) < 4.78 is 6.71. The standard InChI is InChI=1S/C17H23BrN2O/c1-13(2)19-10-17-15(7-8-21-17)12-20(3)11-14-5-4-6-16(18)9-14/h4-9,13,19H,10-12H2,1-3H3. The molecule has 1 heterocycles. The van der Waals surface area contributed by atoms with Crippen molar-refractivity contribution < 1.29 is 4.42 Å². The molecule has 0 saturated carbocycles. The van der Waals surface area contributed by atoms with Crippen LogP contribution in [0.2, 0.25) is 0 Å². The van der Waals surface area contributed by atoms with Gasteiger partial charge in [0.1, 0.15) is 5.76 Å². The lowest BCUT2D eigenvalue weighted by atomic mass is 10.2. The van der Waals surface area contributed by atoms with E-state index in [1.165, 1.54) is 11.1 Å². The normalized spacial score (nSPS) is 11.5. The molecule has 0 radical (unpaired) electrons. The summed E-state index contributed by atoms with van der Waals surface area (Å²) in [5, 5.41) is 3.40. The molecule has 114 valence electrons. The molecule has 0 bridgehead atoms. The highest BCUT2D eigenvalue weighted by Gasteiger charge is 2.10. The molecule has 0 saturated heterocycles. The Hall–Kier alpha value is -1.10. The molecule has 0 unspecified atom stereocenters. The summed E-state index contributed by atoms with van der Waals surface area (Å²) in [6.45, 7) is 6.87. The van der Waals surface area contributed by atoms with Crippen LogP contribution in [0.15, 0.2) is 45.5 Å². The van der Waals surface area contributed by atoms with Gasteiger partial charge in [-0.05, 0) is 30.8 Å². The predicted octanol–water partition coefficient (Wildman–Crippen LogP) is 4.17. The summed E-state index contributed by atoms with van der Waals surface area (Å²) in [5.41, 5.74) is 2.55. The number of hydrogen-bond acceptors (Lipinski definition) is 3. The lowest BCUT2D eigenvalue weighted by Gasteiger charge is -2.17. The van der Waals surface area contributed by atoms with Gasteiger partial charge < -0.3 is 9.73 Å². The number of nitrogens with zero attached hydrogens (tertiary/aromatic N) is 1. The molecular weight excluding hydrogens is 328 g/mol. The monoisotopic (exact) mass is 350 g/mol. The third kappa shape index (κ3) is 5.30. The first kappa shape index (κ1) is 16.3. The summed E-state index contributed by atoms with van der Waals surface area (Å²) in [7, 11) is 2.13. The summed E-state index contributed by atoms with van der Waals surface area (Å²) >= 11 is 3.52. The second kappa shape index (κ2) is 7.78. The molecule has 21 heavy (non-hydrogen) atoms. The van der Waals surface area contributed by atoms with Crippen LogP contribution in [0, 0.1) is 0 Å². The summed E-state index contributed by atoms with van der Waals surface area (Å²) in [5.74, 6) is 1.03. The Labute approximate surface area is 135 Å². The molecule has 0 spiro atoms. The molecule has 0 aliphatic carbocycles. The van der Waals surface area contributed by atoms with Gasteiger partial charge in [-0.15, -0.1) is 0 Å². The van der Waals surface area contributed by atoms with Gasteiger partial charge in [0.2, 0.25) is 0 Å². The van der Waals surface area contributed by atoms with E-state index in [0.29, 0.717) is 6.04 Å². The lowest BCUT2D eigenvalue weighted by molar-refractivity contribution is 0.314. The van der Waals surface area contributed by atoms with E-state index in [4.69, 9.17) is 4.42 Å². The van der Waals surface area contributed by atoms with E-state index in [-0.39, 0.29) is 0 Å². The van der Waals surface area contributed by atoms with Crippen molar-refractivity contribution in [3.05, 3.63) is 58.0 Å². The summed E-state index contributed by atoms with van der Waals surface area (Å²) in [6.07, 6.45) is 1.78. The average molecular weight is 351 g/mol. The molecule has 4 heteroatoms. The van der Waals surface area contributed by atoms with Crippen LogP contribution < -0.4 is 5.32 Å². The number of nitrogens with one attached hydrogen (secondary N) is 1. The predicted molar refractivity (Wildman–Crippen MR) is 90.0 cm³/mol. The minimum Gasteiger partial charge on any atom is -0.468 e. The molecule has 2 rings (SSSR count). The van der Waals surface area contributed by atoms with Crippen LogP contribution in [0.1, 0.15) is 30.7 Å². The first-order chi connectivity index (χ1) is 10.0. The number of furan rings is 1. The van der Waals surface area contributed by atoms with Crippen LogP contribution in [-0.4, -0.2) is 18.0 Å². The van der Waals surface area contributed by atoms with Crippen molar-refractivity contribution in [3.63, 3.8) is 0 Å². The number of hydrogen-bond donors (Lipinski definition) is 1.